The number of rotatable bonds is 7. The molecule has 0 fully saturated rings. The largest absolute Gasteiger partial charge is 0.496 e. The van der Waals surface area contributed by atoms with Crippen molar-refractivity contribution >= 4 is 22.4 Å². The Morgan fingerprint density at radius 3 is 2.81 bits per heavy atom. The maximum absolute atomic E-state index is 12.3. The van der Waals surface area contributed by atoms with Crippen molar-refractivity contribution in [1.82, 2.24) is 10.2 Å². The molecule has 146 valence electrons. The third-order valence-corrected chi connectivity index (χ3v) is 5.13. The quantitative estimate of drug-likeness (QED) is 0.595. The van der Waals surface area contributed by atoms with E-state index in [9.17, 15) is 4.79 Å². The zero-order valence-electron chi connectivity index (χ0n) is 16.9. The second kappa shape index (κ2) is 8.61. The van der Waals surface area contributed by atoms with Crippen LogP contribution in [0.2, 0.25) is 0 Å². The van der Waals surface area contributed by atoms with Crippen LogP contribution in [-0.2, 0) is 17.6 Å². The van der Waals surface area contributed by atoms with E-state index >= 15 is 0 Å². The van der Waals surface area contributed by atoms with Gasteiger partial charge in [0.25, 0.3) is 0 Å². The number of aryl methyl sites for hydroxylation is 2. The molecule has 1 heterocycles. The molecule has 0 radical (unpaired) electrons. The Hall–Kier alpha value is -2.27. The minimum Gasteiger partial charge on any atom is -0.496 e. The highest BCUT2D eigenvalue weighted by Gasteiger charge is 2.20. The number of amides is 1. The lowest BCUT2D eigenvalue weighted by Crippen LogP contribution is -2.25. The molecule has 1 N–H and O–H groups in total. The lowest BCUT2D eigenvalue weighted by molar-refractivity contribution is -0.116. The molecule has 0 aliphatic heterocycles. The summed E-state index contributed by atoms with van der Waals surface area (Å²) in [5, 5.41) is 4.11. The van der Waals surface area contributed by atoms with Gasteiger partial charge in [-0.15, -0.1) is 0 Å². The molecular formula is C22H30N2O3. The molecule has 0 bridgehead atoms. The number of nitrogens with one attached hydrogen (secondary N) is 1. The smallest absolute Gasteiger partial charge is 0.244 e. The Morgan fingerprint density at radius 1 is 1.30 bits per heavy atom. The number of carbonyl (C=O) groups excluding carboxylic acids is 1. The molecule has 5 nitrogen and oxygen atoms in total. The number of ether oxygens (including phenoxy) is 1. The number of hydrogen-bond acceptors (Lipinski definition) is 4. The zero-order valence-corrected chi connectivity index (χ0v) is 16.9. The molecule has 1 amide bonds. The van der Waals surface area contributed by atoms with Crippen molar-refractivity contribution in [1.29, 1.82) is 0 Å². The average Bonchev–Trinajstić information content (AvgIpc) is 3.01. The van der Waals surface area contributed by atoms with Gasteiger partial charge < -0.3 is 19.4 Å². The van der Waals surface area contributed by atoms with E-state index in [0.29, 0.717) is 6.54 Å². The van der Waals surface area contributed by atoms with E-state index in [1.54, 1.807) is 13.2 Å². The summed E-state index contributed by atoms with van der Waals surface area (Å²) < 4.78 is 11.6. The van der Waals surface area contributed by atoms with E-state index in [1.807, 2.05) is 27.1 Å². The average molecular weight is 370 g/mol. The number of allylic oxidation sites excluding steroid dienone is 1. The van der Waals surface area contributed by atoms with Crippen LogP contribution in [0.3, 0.4) is 0 Å². The Balaban J connectivity index is 1.82. The summed E-state index contributed by atoms with van der Waals surface area (Å²) >= 11 is 0. The van der Waals surface area contributed by atoms with Gasteiger partial charge in [-0.25, -0.2) is 0 Å². The van der Waals surface area contributed by atoms with Gasteiger partial charge in [0.15, 0.2) is 0 Å². The SMILES string of the molecule is COc1cc2oc3c(c2cc1/C(C)=C/C(=O)NCCCN(C)C)CCCC3. The first-order valence-corrected chi connectivity index (χ1v) is 9.73. The molecule has 0 saturated carbocycles. The summed E-state index contributed by atoms with van der Waals surface area (Å²) in [7, 11) is 5.72. The number of carbonyl (C=O) groups is 1. The first kappa shape index (κ1) is 19.5. The third kappa shape index (κ3) is 4.53. The molecule has 0 spiro atoms. The predicted octanol–water partition coefficient (Wildman–Crippen LogP) is 3.79. The van der Waals surface area contributed by atoms with Gasteiger partial charge in [-0.2, -0.15) is 0 Å². The molecule has 5 heteroatoms. The predicted molar refractivity (Wildman–Crippen MR) is 109 cm³/mol. The molecule has 0 atom stereocenters. The fourth-order valence-electron chi connectivity index (χ4n) is 3.70. The van der Waals surface area contributed by atoms with Crippen molar-refractivity contribution in [2.45, 2.75) is 39.0 Å². The minimum atomic E-state index is -0.0670. The van der Waals surface area contributed by atoms with Gasteiger partial charge in [0, 0.05) is 41.6 Å². The number of hydrogen-bond donors (Lipinski definition) is 1. The van der Waals surface area contributed by atoms with Crippen molar-refractivity contribution in [2.75, 3.05) is 34.3 Å². The van der Waals surface area contributed by atoms with Crippen molar-refractivity contribution < 1.29 is 13.9 Å². The van der Waals surface area contributed by atoms with Gasteiger partial charge in [0.05, 0.1) is 7.11 Å². The highest BCUT2D eigenvalue weighted by molar-refractivity contribution is 5.97. The van der Waals surface area contributed by atoms with Crippen LogP contribution in [0.15, 0.2) is 22.6 Å². The molecule has 0 saturated heterocycles. The highest BCUT2D eigenvalue weighted by Crippen LogP contribution is 2.37. The van der Waals surface area contributed by atoms with E-state index < -0.39 is 0 Å². The second-order valence-electron chi connectivity index (χ2n) is 7.53. The lowest BCUT2D eigenvalue weighted by atomic mass is 9.94. The van der Waals surface area contributed by atoms with Gasteiger partial charge in [-0.3, -0.25) is 4.79 Å². The van der Waals surface area contributed by atoms with Crippen LogP contribution in [0.25, 0.3) is 16.5 Å². The standard InChI is InChI=1S/C22H30N2O3/c1-15(12-22(25)23-10-7-11-24(2)3)17-13-18-16-8-5-6-9-19(16)27-21(18)14-20(17)26-4/h12-14H,5-11H2,1-4H3,(H,23,25)/b15-12+. The fourth-order valence-corrected chi connectivity index (χ4v) is 3.70. The van der Waals surface area contributed by atoms with Crippen molar-refractivity contribution in [3.63, 3.8) is 0 Å². The molecule has 1 aromatic heterocycles. The number of methoxy groups -OCH3 is 1. The van der Waals surface area contributed by atoms with E-state index in [0.717, 1.165) is 59.4 Å². The highest BCUT2D eigenvalue weighted by atomic mass is 16.5. The van der Waals surface area contributed by atoms with Gasteiger partial charge >= 0.3 is 0 Å². The van der Waals surface area contributed by atoms with E-state index in [2.05, 4.69) is 16.3 Å². The summed E-state index contributed by atoms with van der Waals surface area (Å²) in [6.45, 7) is 3.58. The van der Waals surface area contributed by atoms with Gasteiger partial charge in [0.1, 0.15) is 17.1 Å². The van der Waals surface area contributed by atoms with Crippen LogP contribution >= 0.6 is 0 Å². The minimum absolute atomic E-state index is 0.0670. The van der Waals surface area contributed by atoms with E-state index in [4.69, 9.17) is 9.15 Å². The number of fused-ring (bicyclic) bond motifs is 3. The first-order valence-electron chi connectivity index (χ1n) is 9.73. The van der Waals surface area contributed by atoms with Crippen molar-refractivity contribution in [3.05, 3.63) is 35.1 Å². The molecule has 1 aliphatic rings. The summed E-state index contributed by atoms with van der Waals surface area (Å²) in [4.78, 5) is 14.4. The van der Waals surface area contributed by atoms with Crippen molar-refractivity contribution in [2.24, 2.45) is 0 Å². The normalized spacial score (nSPS) is 14.5. The molecule has 1 aliphatic carbocycles. The molecule has 27 heavy (non-hydrogen) atoms. The fraction of sp³-hybridized carbons (Fsp3) is 0.500. The summed E-state index contributed by atoms with van der Waals surface area (Å²) in [6.07, 6.45) is 7.04. The Labute approximate surface area is 161 Å². The van der Waals surface area contributed by atoms with Gasteiger partial charge in [0.2, 0.25) is 5.91 Å². The topological polar surface area (TPSA) is 54.7 Å². The van der Waals surface area contributed by atoms with Crippen LogP contribution in [0.1, 0.15) is 43.1 Å². The zero-order chi connectivity index (χ0) is 19.4. The van der Waals surface area contributed by atoms with Gasteiger partial charge in [-0.05, 0) is 64.9 Å². The Morgan fingerprint density at radius 2 is 2.07 bits per heavy atom. The van der Waals surface area contributed by atoms with Crippen LogP contribution in [0.5, 0.6) is 5.75 Å². The maximum Gasteiger partial charge on any atom is 0.244 e. The van der Waals surface area contributed by atoms with E-state index in [1.165, 1.54) is 18.4 Å². The number of nitrogens with zero attached hydrogens (tertiary/aromatic N) is 1. The summed E-state index contributed by atoms with van der Waals surface area (Å²) in [6, 6.07) is 4.07. The monoisotopic (exact) mass is 370 g/mol. The molecule has 0 unspecified atom stereocenters. The summed E-state index contributed by atoms with van der Waals surface area (Å²) in [5.41, 5.74) is 4.04. The Kier molecular flexibility index (Phi) is 6.22. The third-order valence-electron chi connectivity index (χ3n) is 5.13. The van der Waals surface area contributed by atoms with Crippen LogP contribution in [0.4, 0.5) is 0 Å². The van der Waals surface area contributed by atoms with Crippen LogP contribution in [-0.4, -0.2) is 45.1 Å². The molecule has 2 aromatic rings. The number of benzene rings is 1. The van der Waals surface area contributed by atoms with Crippen LogP contribution in [0, 0.1) is 0 Å². The molecule has 1 aromatic carbocycles. The molecular weight excluding hydrogens is 340 g/mol. The van der Waals surface area contributed by atoms with Gasteiger partial charge in [-0.1, -0.05) is 0 Å². The van der Waals surface area contributed by atoms with Crippen LogP contribution < -0.4 is 10.1 Å². The first-order chi connectivity index (χ1) is 13.0. The lowest BCUT2D eigenvalue weighted by Gasteiger charge is -2.11. The van der Waals surface area contributed by atoms with Crippen molar-refractivity contribution in [3.8, 4) is 5.75 Å². The second-order valence-corrected chi connectivity index (χ2v) is 7.53. The number of furan rings is 1. The summed E-state index contributed by atoms with van der Waals surface area (Å²) in [5.74, 6) is 1.78. The van der Waals surface area contributed by atoms with E-state index in [-0.39, 0.29) is 5.91 Å². The molecule has 3 rings (SSSR count). The Bertz CT molecular complexity index is 849. The maximum atomic E-state index is 12.3.